The largest absolute Gasteiger partial charge is 0.361 e. The Labute approximate surface area is 148 Å². The molecule has 1 atom stereocenters. The monoisotopic (exact) mass is 413 g/mol. The zero-order valence-corrected chi connectivity index (χ0v) is 15.7. The molecule has 0 saturated heterocycles. The van der Waals surface area contributed by atoms with Gasteiger partial charge in [-0.1, -0.05) is 6.07 Å². The Morgan fingerprint density at radius 1 is 1.29 bits per heavy atom. The summed E-state index contributed by atoms with van der Waals surface area (Å²) in [5, 5.41) is 3.10. The van der Waals surface area contributed by atoms with Crippen LogP contribution in [0.5, 0.6) is 0 Å². The summed E-state index contributed by atoms with van der Waals surface area (Å²) in [5.41, 5.74) is 2.39. The first kappa shape index (κ1) is 17.4. The van der Waals surface area contributed by atoms with E-state index in [0.29, 0.717) is 29.7 Å². The molecular weight excluding hydrogens is 397 g/mol. The van der Waals surface area contributed by atoms with E-state index in [4.69, 9.17) is 0 Å². The predicted octanol–water partition coefficient (Wildman–Crippen LogP) is 3.56. The van der Waals surface area contributed by atoms with Crippen molar-refractivity contribution in [3.05, 3.63) is 55.9 Å². The number of nitrogens with one attached hydrogen (secondary N) is 1. The van der Waals surface area contributed by atoms with Crippen molar-refractivity contribution in [1.29, 1.82) is 0 Å². The van der Waals surface area contributed by atoms with Crippen LogP contribution >= 0.6 is 15.9 Å². The van der Waals surface area contributed by atoms with Gasteiger partial charge in [0.1, 0.15) is 5.82 Å². The van der Waals surface area contributed by atoms with Gasteiger partial charge in [0.2, 0.25) is 0 Å². The number of ketones is 1. The Kier molecular flexibility index (Phi) is 4.42. The number of hydrogen-bond donors (Lipinski definition) is 1. The zero-order valence-electron chi connectivity index (χ0n) is 13.3. The van der Waals surface area contributed by atoms with Crippen LogP contribution in [0.4, 0.5) is 4.39 Å². The molecule has 7 heteroatoms. The quantitative estimate of drug-likeness (QED) is 0.804. The van der Waals surface area contributed by atoms with Crippen molar-refractivity contribution in [1.82, 2.24) is 5.32 Å². The third-order valence-corrected chi connectivity index (χ3v) is 6.34. The lowest BCUT2D eigenvalue weighted by Gasteiger charge is -2.34. The molecule has 4 nitrogen and oxygen atoms in total. The Bertz CT molecular complexity index is 902. The van der Waals surface area contributed by atoms with Crippen molar-refractivity contribution in [3.8, 4) is 0 Å². The van der Waals surface area contributed by atoms with Gasteiger partial charge < -0.3 is 5.32 Å². The molecule has 0 aromatic heterocycles. The maximum atomic E-state index is 13.6. The third kappa shape index (κ3) is 2.95. The highest BCUT2D eigenvalue weighted by atomic mass is 79.9. The first-order chi connectivity index (χ1) is 11.2. The molecule has 24 heavy (non-hydrogen) atoms. The number of allylic oxidation sites excluding steroid dienone is 4. The number of sulfone groups is 1. The summed E-state index contributed by atoms with van der Waals surface area (Å²) >= 11 is 3.14. The van der Waals surface area contributed by atoms with E-state index < -0.39 is 21.6 Å². The molecule has 1 aromatic carbocycles. The molecule has 1 aliphatic heterocycles. The molecule has 128 valence electrons. The SMILES string of the molecule is CC1=C(S(C)(=O)=O)C(c2ccc(F)c(Br)c2)C2=C(CCCC2=O)N1. The van der Waals surface area contributed by atoms with Crippen LogP contribution in [-0.4, -0.2) is 20.5 Å². The molecule has 2 aliphatic rings. The second-order valence-electron chi connectivity index (χ2n) is 6.16. The minimum atomic E-state index is -3.55. The Hall–Kier alpha value is -1.47. The van der Waals surface area contributed by atoms with Crippen molar-refractivity contribution in [3.63, 3.8) is 0 Å². The first-order valence-corrected chi connectivity index (χ1v) is 10.3. The summed E-state index contributed by atoms with van der Waals surface area (Å²) < 4.78 is 38.7. The topological polar surface area (TPSA) is 63.2 Å². The van der Waals surface area contributed by atoms with Gasteiger partial charge >= 0.3 is 0 Å². The van der Waals surface area contributed by atoms with Crippen LogP contribution < -0.4 is 5.32 Å². The van der Waals surface area contributed by atoms with Crippen molar-refractivity contribution < 1.29 is 17.6 Å². The van der Waals surface area contributed by atoms with E-state index in [0.717, 1.165) is 18.4 Å². The normalized spacial score (nSPS) is 21.7. The molecule has 3 rings (SSSR count). The molecule has 0 amide bonds. The number of dihydropyridines is 1. The summed E-state index contributed by atoms with van der Waals surface area (Å²) in [4.78, 5) is 12.7. The minimum Gasteiger partial charge on any atom is -0.361 e. The second kappa shape index (κ2) is 6.11. The van der Waals surface area contributed by atoms with Crippen molar-refractivity contribution in [2.75, 3.05) is 6.26 Å². The molecule has 1 heterocycles. The standard InChI is InChI=1S/C17H17BrFNO3S/c1-9-17(24(2,22)23)15(10-6-7-12(19)11(18)8-10)16-13(20-9)4-3-5-14(16)21/h6-8,15,20H,3-5H2,1-2H3. The van der Waals surface area contributed by atoms with Crippen LogP contribution in [0.3, 0.4) is 0 Å². The second-order valence-corrected chi connectivity index (χ2v) is 9.00. The molecule has 1 N–H and O–H groups in total. The van der Waals surface area contributed by atoms with Gasteiger partial charge in [-0.2, -0.15) is 0 Å². The fourth-order valence-electron chi connectivity index (χ4n) is 3.47. The average Bonchev–Trinajstić information content (AvgIpc) is 2.47. The lowest BCUT2D eigenvalue weighted by molar-refractivity contribution is -0.116. The van der Waals surface area contributed by atoms with E-state index >= 15 is 0 Å². The van der Waals surface area contributed by atoms with Crippen LogP contribution in [-0.2, 0) is 14.6 Å². The maximum absolute atomic E-state index is 13.6. The lowest BCUT2D eigenvalue weighted by atomic mass is 9.79. The highest BCUT2D eigenvalue weighted by Gasteiger charge is 2.39. The molecule has 0 fully saturated rings. The molecule has 0 spiro atoms. The van der Waals surface area contributed by atoms with Gasteiger partial charge in [-0.3, -0.25) is 4.79 Å². The number of benzene rings is 1. The summed E-state index contributed by atoms with van der Waals surface area (Å²) in [6.45, 7) is 1.70. The van der Waals surface area contributed by atoms with E-state index in [2.05, 4.69) is 21.2 Å². The molecule has 1 aliphatic carbocycles. The van der Waals surface area contributed by atoms with E-state index in [-0.39, 0.29) is 15.2 Å². The molecule has 0 radical (unpaired) electrons. The van der Waals surface area contributed by atoms with Gasteiger partial charge in [-0.05, 0) is 53.4 Å². The van der Waals surface area contributed by atoms with Gasteiger partial charge in [-0.25, -0.2) is 12.8 Å². The predicted molar refractivity (Wildman–Crippen MR) is 93.4 cm³/mol. The summed E-state index contributed by atoms with van der Waals surface area (Å²) in [7, 11) is -3.55. The number of Topliss-reactive ketones (excluding diaryl/α,β-unsaturated/α-hetero) is 1. The molecule has 0 saturated carbocycles. The molecule has 1 aromatic rings. The number of hydrogen-bond acceptors (Lipinski definition) is 4. The highest BCUT2D eigenvalue weighted by molar-refractivity contribution is 9.10. The average molecular weight is 414 g/mol. The van der Waals surface area contributed by atoms with E-state index in [9.17, 15) is 17.6 Å². The number of carbonyl (C=O) groups is 1. The number of carbonyl (C=O) groups excluding carboxylic acids is 1. The van der Waals surface area contributed by atoms with E-state index in [1.54, 1.807) is 19.1 Å². The number of halogens is 2. The Balaban J connectivity index is 2.27. The van der Waals surface area contributed by atoms with E-state index in [1.807, 2.05) is 0 Å². The van der Waals surface area contributed by atoms with Gasteiger partial charge in [-0.15, -0.1) is 0 Å². The molecule has 1 unspecified atom stereocenters. The van der Waals surface area contributed by atoms with Crippen molar-refractivity contribution in [2.45, 2.75) is 32.1 Å². The molecule has 0 bridgehead atoms. The Morgan fingerprint density at radius 3 is 2.62 bits per heavy atom. The lowest BCUT2D eigenvalue weighted by Crippen LogP contribution is -2.33. The smallest absolute Gasteiger partial charge is 0.174 e. The van der Waals surface area contributed by atoms with Crippen LogP contribution in [0.1, 0.15) is 37.7 Å². The van der Waals surface area contributed by atoms with Gasteiger partial charge in [0.15, 0.2) is 15.6 Å². The van der Waals surface area contributed by atoms with Crippen LogP contribution in [0, 0.1) is 5.82 Å². The van der Waals surface area contributed by atoms with Crippen molar-refractivity contribution >= 4 is 31.6 Å². The van der Waals surface area contributed by atoms with Crippen LogP contribution in [0.25, 0.3) is 0 Å². The van der Waals surface area contributed by atoms with Crippen molar-refractivity contribution in [2.24, 2.45) is 0 Å². The maximum Gasteiger partial charge on any atom is 0.174 e. The summed E-state index contributed by atoms with van der Waals surface area (Å²) in [6, 6.07) is 4.38. The zero-order chi connectivity index (χ0) is 17.6. The fourth-order valence-corrected chi connectivity index (χ4v) is 5.15. The van der Waals surface area contributed by atoms with Gasteiger partial charge in [0.25, 0.3) is 0 Å². The van der Waals surface area contributed by atoms with Crippen LogP contribution in [0.2, 0.25) is 0 Å². The minimum absolute atomic E-state index is 0.0529. The fraction of sp³-hybridized carbons (Fsp3) is 0.353. The van der Waals surface area contributed by atoms with Crippen LogP contribution in [0.15, 0.2) is 44.5 Å². The van der Waals surface area contributed by atoms with Gasteiger partial charge in [0, 0.05) is 29.6 Å². The molecular formula is C17H17BrFNO3S. The van der Waals surface area contributed by atoms with Gasteiger partial charge in [0.05, 0.1) is 15.3 Å². The Morgan fingerprint density at radius 2 is 2.00 bits per heavy atom. The van der Waals surface area contributed by atoms with E-state index in [1.165, 1.54) is 6.07 Å². The summed E-state index contributed by atoms with van der Waals surface area (Å²) in [5.74, 6) is -1.18. The summed E-state index contributed by atoms with van der Waals surface area (Å²) in [6.07, 6.45) is 2.98. The third-order valence-electron chi connectivity index (χ3n) is 4.39. The highest BCUT2D eigenvalue weighted by Crippen LogP contribution is 2.44. The number of rotatable bonds is 2. The first-order valence-electron chi connectivity index (χ1n) is 7.59.